The zero-order chi connectivity index (χ0) is 12.4. The van der Waals surface area contributed by atoms with Crippen LogP contribution in [-0.4, -0.2) is 53.2 Å². The van der Waals surface area contributed by atoms with E-state index in [9.17, 15) is 8.42 Å². The lowest BCUT2D eigenvalue weighted by molar-refractivity contribution is -0.134. The van der Waals surface area contributed by atoms with Crippen LogP contribution in [0.15, 0.2) is 0 Å². The van der Waals surface area contributed by atoms with Gasteiger partial charge in [0.15, 0.2) is 0 Å². The second kappa shape index (κ2) is 10.4. The van der Waals surface area contributed by atoms with E-state index in [1.54, 1.807) is 0 Å². The molecule has 0 heterocycles. The van der Waals surface area contributed by atoms with Gasteiger partial charge in [-0.05, 0) is 6.92 Å². The summed E-state index contributed by atoms with van der Waals surface area (Å²) < 4.78 is 25.9. The van der Waals surface area contributed by atoms with Gasteiger partial charge in [0.05, 0.1) is 19.0 Å². The van der Waals surface area contributed by atoms with E-state index in [0.29, 0.717) is 6.26 Å². The molecule has 7 nitrogen and oxygen atoms in total. The summed E-state index contributed by atoms with van der Waals surface area (Å²) in [7, 11) is -3.67. The molecule has 0 aromatic carbocycles. The molecule has 0 spiro atoms. The number of hydrogen-bond acceptors (Lipinski definition) is 5. The molecular weight excluding hydrogens is 216 g/mol. The number of carboxylic acids is 1. The van der Waals surface area contributed by atoms with E-state index < -0.39 is 22.2 Å². The van der Waals surface area contributed by atoms with E-state index in [2.05, 4.69) is 0 Å². The largest absolute Gasteiger partial charge is 0.481 e. The topological polar surface area (TPSA) is 132 Å². The van der Waals surface area contributed by atoms with Crippen LogP contribution < -0.4 is 0 Å². The highest BCUT2D eigenvalue weighted by atomic mass is 32.2. The maximum absolute atomic E-state index is 9.19. The average molecular weight is 232 g/mol. The lowest BCUT2D eigenvalue weighted by Gasteiger charge is -1.90. The van der Waals surface area contributed by atoms with Gasteiger partial charge in [-0.3, -0.25) is 9.35 Å². The molecule has 0 saturated heterocycles. The quantitative estimate of drug-likeness (QED) is 0.424. The minimum atomic E-state index is -3.67. The Morgan fingerprint density at radius 3 is 1.50 bits per heavy atom. The lowest BCUT2D eigenvalue weighted by atomic mass is 10.5. The highest BCUT2D eigenvalue weighted by Crippen LogP contribution is 1.68. The molecule has 0 aromatic heterocycles. The summed E-state index contributed by atoms with van der Waals surface area (Å²) >= 11 is 0. The zero-order valence-corrected chi connectivity index (χ0v) is 9.02. The first-order valence-corrected chi connectivity index (χ1v) is 5.26. The standard InChI is InChI=1S/C3H8O2.C2H4O2.CH4O3S/c1-3(5)2-4;1-2(3)4;1-5(2,3)4/h3-5H,2H2,1H3;1H3,(H,3,4);1H3,(H,2,3,4). The van der Waals surface area contributed by atoms with Crippen LogP contribution in [0.5, 0.6) is 0 Å². The molecule has 1 atom stereocenters. The third-order valence-corrected chi connectivity index (χ3v) is 0.264. The molecule has 0 bridgehead atoms. The molecule has 0 aliphatic carbocycles. The first-order chi connectivity index (χ1) is 6.00. The third kappa shape index (κ3) is 709. The molecule has 0 amide bonds. The fraction of sp³-hybridized carbons (Fsp3) is 0.833. The highest BCUT2D eigenvalue weighted by Gasteiger charge is 1.83. The molecule has 0 aromatic rings. The Bertz CT molecular complexity index is 206. The Balaban J connectivity index is -0.000000131. The Kier molecular flexibility index (Phi) is 14.1. The van der Waals surface area contributed by atoms with Gasteiger partial charge in [-0.1, -0.05) is 0 Å². The number of aliphatic hydroxyl groups is 2. The van der Waals surface area contributed by atoms with Crippen molar-refractivity contribution in [1.29, 1.82) is 0 Å². The maximum atomic E-state index is 9.19. The highest BCUT2D eigenvalue weighted by molar-refractivity contribution is 7.85. The molecule has 1 unspecified atom stereocenters. The summed E-state index contributed by atoms with van der Waals surface area (Å²) in [5.74, 6) is -0.833. The Morgan fingerprint density at radius 2 is 1.50 bits per heavy atom. The van der Waals surface area contributed by atoms with Gasteiger partial charge >= 0.3 is 0 Å². The second-order valence-corrected chi connectivity index (χ2v) is 3.75. The van der Waals surface area contributed by atoms with Crippen molar-refractivity contribution in [2.45, 2.75) is 20.0 Å². The second-order valence-electron chi connectivity index (χ2n) is 2.28. The molecule has 88 valence electrons. The average Bonchev–Trinajstić information content (AvgIpc) is 1.82. The van der Waals surface area contributed by atoms with Crippen LogP contribution in [-0.2, 0) is 14.9 Å². The van der Waals surface area contributed by atoms with Crippen molar-refractivity contribution < 1.29 is 33.1 Å². The number of aliphatic carboxylic acids is 1. The van der Waals surface area contributed by atoms with Crippen LogP contribution in [0.2, 0.25) is 0 Å². The molecule has 0 rings (SSSR count). The van der Waals surface area contributed by atoms with Gasteiger partial charge in [0.1, 0.15) is 0 Å². The van der Waals surface area contributed by atoms with Crippen LogP contribution in [0.25, 0.3) is 0 Å². The van der Waals surface area contributed by atoms with Crippen molar-refractivity contribution in [3.05, 3.63) is 0 Å². The molecule has 0 fully saturated rings. The van der Waals surface area contributed by atoms with E-state index in [4.69, 9.17) is 24.7 Å². The Hall–Kier alpha value is -0.700. The molecule has 0 aliphatic rings. The minimum Gasteiger partial charge on any atom is -0.481 e. The SMILES string of the molecule is CC(=O)O.CC(O)CO.CS(=O)(=O)O. The molecule has 0 radical (unpaired) electrons. The number of hydrogen-bond donors (Lipinski definition) is 4. The normalized spacial score (nSPS) is 11.3. The predicted molar refractivity (Wildman–Crippen MR) is 49.5 cm³/mol. The first kappa shape index (κ1) is 19.0. The summed E-state index contributed by atoms with van der Waals surface area (Å²) in [6.45, 7) is 2.47. The van der Waals surface area contributed by atoms with E-state index in [1.807, 2.05) is 0 Å². The van der Waals surface area contributed by atoms with Gasteiger partial charge in [-0.15, -0.1) is 0 Å². The van der Waals surface area contributed by atoms with Gasteiger partial charge in [-0.2, -0.15) is 8.42 Å². The van der Waals surface area contributed by atoms with Crippen LogP contribution in [0.1, 0.15) is 13.8 Å². The molecule has 8 heteroatoms. The van der Waals surface area contributed by atoms with Crippen LogP contribution in [0.3, 0.4) is 0 Å². The van der Waals surface area contributed by atoms with Crippen molar-refractivity contribution in [2.75, 3.05) is 12.9 Å². The molecule has 4 N–H and O–H groups in total. The van der Waals surface area contributed by atoms with Crippen LogP contribution in [0.4, 0.5) is 0 Å². The van der Waals surface area contributed by atoms with Crippen molar-refractivity contribution in [3.63, 3.8) is 0 Å². The molecular formula is C6H16O7S. The van der Waals surface area contributed by atoms with Gasteiger partial charge in [-0.25, -0.2) is 0 Å². The lowest BCUT2D eigenvalue weighted by Crippen LogP contribution is -2.03. The van der Waals surface area contributed by atoms with Crippen molar-refractivity contribution >= 4 is 16.1 Å². The van der Waals surface area contributed by atoms with Gasteiger partial charge in [0.25, 0.3) is 16.1 Å². The Labute approximate surface area is 82.7 Å². The van der Waals surface area contributed by atoms with E-state index >= 15 is 0 Å². The van der Waals surface area contributed by atoms with Crippen LogP contribution in [0, 0.1) is 0 Å². The first-order valence-electron chi connectivity index (χ1n) is 3.41. The summed E-state index contributed by atoms with van der Waals surface area (Å²) in [6, 6.07) is 0. The summed E-state index contributed by atoms with van der Waals surface area (Å²) in [5, 5.41) is 23.4. The predicted octanol–water partition coefficient (Wildman–Crippen LogP) is -1.05. The zero-order valence-electron chi connectivity index (χ0n) is 8.21. The van der Waals surface area contributed by atoms with Crippen molar-refractivity contribution in [1.82, 2.24) is 0 Å². The minimum absolute atomic E-state index is 0.139. The number of rotatable bonds is 1. The fourth-order valence-electron chi connectivity index (χ4n) is 0. The van der Waals surface area contributed by atoms with Gasteiger partial charge < -0.3 is 15.3 Å². The molecule has 0 aliphatic heterocycles. The van der Waals surface area contributed by atoms with Crippen molar-refractivity contribution in [2.24, 2.45) is 0 Å². The number of carbonyl (C=O) groups is 1. The monoisotopic (exact) mass is 232 g/mol. The smallest absolute Gasteiger partial charge is 0.300 e. The van der Waals surface area contributed by atoms with E-state index in [1.165, 1.54) is 6.92 Å². The van der Waals surface area contributed by atoms with E-state index in [0.717, 1.165) is 6.92 Å². The summed E-state index contributed by atoms with van der Waals surface area (Å²) in [5.41, 5.74) is 0. The van der Waals surface area contributed by atoms with E-state index in [-0.39, 0.29) is 6.61 Å². The number of aliphatic hydroxyl groups excluding tert-OH is 2. The Morgan fingerprint density at radius 1 is 1.43 bits per heavy atom. The van der Waals surface area contributed by atoms with Gasteiger partial charge in [0.2, 0.25) is 0 Å². The van der Waals surface area contributed by atoms with Crippen LogP contribution >= 0.6 is 0 Å². The molecule has 0 saturated carbocycles. The third-order valence-electron chi connectivity index (χ3n) is 0.264. The summed E-state index contributed by atoms with van der Waals surface area (Å²) in [4.78, 5) is 9.00. The number of carboxylic acid groups (broad SMARTS) is 1. The van der Waals surface area contributed by atoms with Gasteiger partial charge in [0, 0.05) is 6.92 Å². The van der Waals surface area contributed by atoms with Crippen molar-refractivity contribution in [3.8, 4) is 0 Å². The summed E-state index contributed by atoms with van der Waals surface area (Å²) in [6.07, 6.45) is 0.155. The fourth-order valence-corrected chi connectivity index (χ4v) is 0. The maximum Gasteiger partial charge on any atom is 0.300 e. The molecule has 14 heavy (non-hydrogen) atoms.